The summed E-state index contributed by atoms with van der Waals surface area (Å²) in [7, 11) is 1.30. The molecule has 90 valence electrons. The monoisotopic (exact) mass is 255 g/mol. The zero-order chi connectivity index (χ0) is 12.4. The van der Waals surface area contributed by atoms with Crippen LogP contribution < -0.4 is 4.90 Å². The third kappa shape index (κ3) is 2.36. The third-order valence-electron chi connectivity index (χ3n) is 2.54. The molecule has 0 bridgehead atoms. The number of halogens is 1. The molecule has 0 saturated carbocycles. The summed E-state index contributed by atoms with van der Waals surface area (Å²) in [4.78, 5) is 32.3. The average Bonchev–Trinajstić information content (AvgIpc) is 2.71. The van der Waals surface area contributed by atoms with Gasteiger partial charge in [-0.05, 0) is 0 Å². The summed E-state index contributed by atoms with van der Waals surface area (Å²) >= 11 is 5.61. The van der Waals surface area contributed by atoms with Crippen LogP contribution in [-0.2, 0) is 14.3 Å². The number of anilines is 1. The van der Waals surface area contributed by atoms with Gasteiger partial charge in [0.2, 0.25) is 5.91 Å². The van der Waals surface area contributed by atoms with Crippen molar-refractivity contribution >= 4 is 29.3 Å². The van der Waals surface area contributed by atoms with E-state index in [2.05, 4.69) is 14.7 Å². The number of ether oxygens (including phenoxy) is 1. The molecule has 1 aromatic rings. The molecular formula is C10H10ClN3O3. The predicted molar refractivity (Wildman–Crippen MR) is 59.5 cm³/mol. The van der Waals surface area contributed by atoms with Crippen molar-refractivity contribution < 1.29 is 14.3 Å². The fourth-order valence-corrected chi connectivity index (χ4v) is 1.80. The molecule has 0 radical (unpaired) electrons. The van der Waals surface area contributed by atoms with E-state index in [9.17, 15) is 9.59 Å². The molecule has 17 heavy (non-hydrogen) atoms. The van der Waals surface area contributed by atoms with Gasteiger partial charge in [0, 0.05) is 13.0 Å². The van der Waals surface area contributed by atoms with E-state index in [1.165, 1.54) is 24.4 Å². The smallest absolute Gasteiger partial charge is 0.311 e. The molecule has 1 aliphatic heterocycles. The molecule has 6 nitrogen and oxygen atoms in total. The Bertz CT molecular complexity index is 449. The lowest BCUT2D eigenvalue weighted by Gasteiger charge is -2.14. The van der Waals surface area contributed by atoms with Crippen LogP contribution in [0, 0.1) is 5.92 Å². The third-order valence-corrected chi connectivity index (χ3v) is 2.74. The number of nitrogens with zero attached hydrogens (tertiary/aromatic N) is 3. The van der Waals surface area contributed by atoms with Crippen LogP contribution in [0.1, 0.15) is 6.42 Å². The van der Waals surface area contributed by atoms with Crippen molar-refractivity contribution in [1.29, 1.82) is 0 Å². The zero-order valence-electron chi connectivity index (χ0n) is 9.09. The van der Waals surface area contributed by atoms with E-state index in [1.54, 1.807) is 0 Å². The molecule has 1 unspecified atom stereocenters. The van der Waals surface area contributed by atoms with Crippen molar-refractivity contribution in [2.75, 3.05) is 18.6 Å². The summed E-state index contributed by atoms with van der Waals surface area (Å²) in [5, 5.41) is 0.255. The highest BCUT2D eigenvalue weighted by Crippen LogP contribution is 2.23. The summed E-state index contributed by atoms with van der Waals surface area (Å²) in [6.45, 7) is 0.266. The van der Waals surface area contributed by atoms with Gasteiger partial charge in [0.15, 0.2) is 5.82 Å². The Hall–Kier alpha value is -1.69. The maximum atomic E-state index is 11.7. The number of aromatic nitrogens is 2. The lowest BCUT2D eigenvalue weighted by Crippen LogP contribution is -2.27. The second kappa shape index (κ2) is 4.67. The molecular weight excluding hydrogens is 246 g/mol. The SMILES string of the molecule is COC(=O)C1CC(=O)N(c2cnc(Cl)cn2)C1. The quantitative estimate of drug-likeness (QED) is 0.726. The molecule has 1 saturated heterocycles. The fraction of sp³-hybridized carbons (Fsp3) is 0.400. The lowest BCUT2D eigenvalue weighted by molar-refractivity contribution is -0.145. The molecule has 2 heterocycles. The highest BCUT2D eigenvalue weighted by atomic mass is 35.5. The summed E-state index contributed by atoms with van der Waals surface area (Å²) < 4.78 is 4.61. The topological polar surface area (TPSA) is 72.4 Å². The predicted octanol–water partition coefficient (Wildman–Crippen LogP) is 0.656. The van der Waals surface area contributed by atoms with E-state index in [-0.39, 0.29) is 30.0 Å². The van der Waals surface area contributed by atoms with Crippen molar-refractivity contribution in [3.8, 4) is 0 Å². The van der Waals surface area contributed by atoms with Crippen LogP contribution in [0.15, 0.2) is 12.4 Å². The Balaban J connectivity index is 2.15. The summed E-state index contributed by atoms with van der Waals surface area (Å²) in [5.41, 5.74) is 0. The van der Waals surface area contributed by atoms with Crippen LogP contribution in [0.25, 0.3) is 0 Å². The van der Waals surface area contributed by atoms with Gasteiger partial charge in [-0.3, -0.25) is 14.5 Å². The lowest BCUT2D eigenvalue weighted by atomic mass is 10.1. The minimum absolute atomic E-state index is 0.136. The number of amides is 1. The Kier molecular flexibility index (Phi) is 3.23. The van der Waals surface area contributed by atoms with E-state index in [1.807, 2.05) is 0 Å². The summed E-state index contributed by atoms with van der Waals surface area (Å²) in [6.07, 6.45) is 2.90. The van der Waals surface area contributed by atoms with Gasteiger partial charge in [0.1, 0.15) is 5.15 Å². The molecule has 1 fully saturated rings. The Labute approximate surface area is 103 Å². The standard InChI is InChI=1S/C10H10ClN3O3/c1-17-10(16)6-2-9(15)14(5-6)8-4-12-7(11)3-13-8/h3-4,6H,2,5H2,1H3. The van der Waals surface area contributed by atoms with Crippen LogP contribution in [0.4, 0.5) is 5.82 Å². The minimum Gasteiger partial charge on any atom is -0.469 e. The van der Waals surface area contributed by atoms with Crippen LogP contribution in [-0.4, -0.2) is 35.5 Å². The molecule has 2 rings (SSSR count). The first-order valence-electron chi connectivity index (χ1n) is 4.97. The van der Waals surface area contributed by atoms with Gasteiger partial charge >= 0.3 is 5.97 Å². The van der Waals surface area contributed by atoms with Gasteiger partial charge in [-0.25, -0.2) is 9.97 Å². The molecule has 1 amide bonds. The van der Waals surface area contributed by atoms with Crippen molar-refractivity contribution in [2.45, 2.75) is 6.42 Å². The van der Waals surface area contributed by atoms with Gasteiger partial charge in [0.25, 0.3) is 0 Å². The second-order valence-electron chi connectivity index (χ2n) is 3.63. The number of carbonyl (C=O) groups is 2. The number of hydrogen-bond donors (Lipinski definition) is 0. The van der Waals surface area contributed by atoms with E-state index >= 15 is 0 Å². The number of carbonyl (C=O) groups excluding carboxylic acids is 2. The molecule has 0 aromatic carbocycles. The highest BCUT2D eigenvalue weighted by molar-refractivity contribution is 6.29. The molecule has 0 N–H and O–H groups in total. The first-order valence-corrected chi connectivity index (χ1v) is 5.35. The molecule has 0 aliphatic carbocycles. The van der Waals surface area contributed by atoms with E-state index in [0.29, 0.717) is 5.82 Å². The van der Waals surface area contributed by atoms with E-state index in [0.717, 1.165) is 0 Å². The van der Waals surface area contributed by atoms with Crippen LogP contribution >= 0.6 is 11.6 Å². The molecule has 1 aliphatic rings. The highest BCUT2D eigenvalue weighted by Gasteiger charge is 2.36. The number of esters is 1. The maximum Gasteiger partial charge on any atom is 0.311 e. The molecule has 1 aromatic heterocycles. The number of methoxy groups -OCH3 is 1. The van der Waals surface area contributed by atoms with Gasteiger partial charge in [-0.1, -0.05) is 11.6 Å². The van der Waals surface area contributed by atoms with Crippen LogP contribution in [0.5, 0.6) is 0 Å². The van der Waals surface area contributed by atoms with Crippen LogP contribution in [0.3, 0.4) is 0 Å². The van der Waals surface area contributed by atoms with Crippen LogP contribution in [0.2, 0.25) is 5.15 Å². The first-order chi connectivity index (χ1) is 8.11. The van der Waals surface area contributed by atoms with E-state index in [4.69, 9.17) is 11.6 Å². The van der Waals surface area contributed by atoms with E-state index < -0.39 is 5.92 Å². The molecule has 0 spiro atoms. The molecule has 7 heteroatoms. The van der Waals surface area contributed by atoms with Gasteiger partial charge < -0.3 is 4.74 Å². The largest absolute Gasteiger partial charge is 0.469 e. The van der Waals surface area contributed by atoms with Gasteiger partial charge in [0.05, 0.1) is 25.4 Å². The Morgan fingerprint density at radius 3 is 2.88 bits per heavy atom. The summed E-state index contributed by atoms with van der Waals surface area (Å²) in [6, 6.07) is 0. The van der Waals surface area contributed by atoms with Crippen molar-refractivity contribution in [3.05, 3.63) is 17.5 Å². The fourth-order valence-electron chi connectivity index (χ4n) is 1.70. The minimum atomic E-state index is -0.440. The Morgan fingerprint density at radius 1 is 1.53 bits per heavy atom. The van der Waals surface area contributed by atoms with Crippen molar-refractivity contribution in [3.63, 3.8) is 0 Å². The van der Waals surface area contributed by atoms with Crippen molar-refractivity contribution in [1.82, 2.24) is 9.97 Å². The zero-order valence-corrected chi connectivity index (χ0v) is 9.85. The average molecular weight is 256 g/mol. The maximum absolute atomic E-state index is 11.7. The van der Waals surface area contributed by atoms with Gasteiger partial charge in [-0.2, -0.15) is 0 Å². The number of rotatable bonds is 2. The second-order valence-corrected chi connectivity index (χ2v) is 4.01. The number of hydrogen-bond acceptors (Lipinski definition) is 5. The van der Waals surface area contributed by atoms with Gasteiger partial charge in [-0.15, -0.1) is 0 Å². The van der Waals surface area contributed by atoms with Crippen molar-refractivity contribution in [2.24, 2.45) is 5.92 Å². The molecule has 1 atom stereocenters. The normalized spacial score (nSPS) is 19.5. The Morgan fingerprint density at radius 2 is 2.29 bits per heavy atom. The first kappa shape index (κ1) is 11.8. The summed E-state index contributed by atoms with van der Waals surface area (Å²) in [5.74, 6) is -0.601.